The summed E-state index contributed by atoms with van der Waals surface area (Å²) in [7, 11) is 1.81. The van der Waals surface area contributed by atoms with Crippen LogP contribution in [0.25, 0.3) is 17.2 Å². The summed E-state index contributed by atoms with van der Waals surface area (Å²) in [5.74, 6) is 1.54. The molecule has 1 heterocycles. The van der Waals surface area contributed by atoms with Gasteiger partial charge in [-0.2, -0.15) is 0 Å². The van der Waals surface area contributed by atoms with Crippen molar-refractivity contribution in [1.29, 1.82) is 0 Å². The van der Waals surface area contributed by atoms with E-state index in [1.165, 1.54) is 18.6 Å². The molecule has 3 nitrogen and oxygen atoms in total. The second-order valence-corrected chi connectivity index (χ2v) is 7.93. The summed E-state index contributed by atoms with van der Waals surface area (Å²) in [6, 6.07) is 10.9. The quantitative estimate of drug-likeness (QED) is 0.855. The average Bonchev–Trinajstić information content (AvgIpc) is 3.03. The van der Waals surface area contributed by atoms with Crippen LogP contribution in [0.15, 0.2) is 48.7 Å². The Hall–Kier alpha value is -2.04. The summed E-state index contributed by atoms with van der Waals surface area (Å²) >= 11 is 0. The van der Waals surface area contributed by atoms with Crippen LogP contribution in [0, 0.1) is 23.6 Å². The van der Waals surface area contributed by atoms with Crippen molar-refractivity contribution in [3.8, 4) is 11.1 Å². The van der Waals surface area contributed by atoms with Crippen LogP contribution in [-0.4, -0.2) is 24.2 Å². The lowest BCUT2D eigenvalue weighted by Gasteiger charge is -2.31. The third kappa shape index (κ3) is 3.97. The molecule has 1 aromatic heterocycles. The van der Waals surface area contributed by atoms with E-state index in [2.05, 4.69) is 17.1 Å². The van der Waals surface area contributed by atoms with Gasteiger partial charge in [-0.05, 0) is 67.4 Å². The molecule has 4 rings (SSSR count). The van der Waals surface area contributed by atoms with E-state index >= 15 is 0 Å². The van der Waals surface area contributed by atoms with Crippen LogP contribution in [0.3, 0.4) is 0 Å². The highest BCUT2D eigenvalue weighted by Crippen LogP contribution is 2.47. The molecular weight excluding hydrogens is 339 g/mol. The van der Waals surface area contributed by atoms with Crippen LogP contribution >= 0.6 is 0 Å². The van der Waals surface area contributed by atoms with Crippen LogP contribution in [0.4, 0.5) is 4.39 Å². The number of nitrogens with two attached hydrogens (primary N) is 1. The van der Waals surface area contributed by atoms with Gasteiger partial charge in [0.05, 0.1) is 11.8 Å². The molecule has 2 N–H and O–H groups in total. The monoisotopic (exact) mass is 366 g/mol. The highest BCUT2D eigenvalue weighted by molar-refractivity contribution is 5.63. The average molecular weight is 366 g/mol. The molecule has 142 valence electrons. The van der Waals surface area contributed by atoms with Crippen molar-refractivity contribution in [1.82, 2.24) is 4.98 Å². The lowest BCUT2D eigenvalue weighted by molar-refractivity contribution is 0.0779. The van der Waals surface area contributed by atoms with Crippen molar-refractivity contribution in [2.75, 3.05) is 7.11 Å². The van der Waals surface area contributed by atoms with Crippen molar-refractivity contribution in [2.45, 2.75) is 37.8 Å². The fourth-order valence-electron chi connectivity index (χ4n) is 4.91. The van der Waals surface area contributed by atoms with E-state index < -0.39 is 0 Å². The van der Waals surface area contributed by atoms with E-state index in [1.54, 1.807) is 12.3 Å². The molecule has 2 aliphatic carbocycles. The highest BCUT2D eigenvalue weighted by Gasteiger charge is 2.44. The molecule has 0 bridgehead atoms. The van der Waals surface area contributed by atoms with E-state index in [9.17, 15) is 4.39 Å². The Kier molecular flexibility index (Phi) is 5.37. The van der Waals surface area contributed by atoms with Crippen LogP contribution in [0.1, 0.15) is 31.4 Å². The number of hydrogen-bond acceptors (Lipinski definition) is 3. The van der Waals surface area contributed by atoms with Crippen LogP contribution in [0.5, 0.6) is 0 Å². The van der Waals surface area contributed by atoms with Gasteiger partial charge in [0.2, 0.25) is 0 Å². The maximum Gasteiger partial charge on any atom is 0.123 e. The van der Waals surface area contributed by atoms with Gasteiger partial charge in [0.25, 0.3) is 0 Å². The van der Waals surface area contributed by atoms with Crippen molar-refractivity contribution in [3.05, 3.63) is 60.2 Å². The van der Waals surface area contributed by atoms with Gasteiger partial charge in [-0.3, -0.25) is 4.98 Å². The van der Waals surface area contributed by atoms with E-state index in [0.29, 0.717) is 23.8 Å². The summed E-state index contributed by atoms with van der Waals surface area (Å²) < 4.78 is 19.2. The van der Waals surface area contributed by atoms with Crippen molar-refractivity contribution >= 4 is 6.08 Å². The number of pyridine rings is 1. The van der Waals surface area contributed by atoms with Gasteiger partial charge in [0.15, 0.2) is 0 Å². The van der Waals surface area contributed by atoms with Crippen LogP contribution in [0.2, 0.25) is 0 Å². The van der Waals surface area contributed by atoms with Gasteiger partial charge < -0.3 is 10.5 Å². The normalized spacial score (nSPS) is 30.6. The maximum atomic E-state index is 13.4. The van der Waals surface area contributed by atoms with Gasteiger partial charge >= 0.3 is 0 Å². The van der Waals surface area contributed by atoms with Gasteiger partial charge in [-0.25, -0.2) is 4.39 Å². The number of nitrogens with zero attached hydrogens (tertiary/aromatic N) is 1. The van der Waals surface area contributed by atoms with Gasteiger partial charge in [0.1, 0.15) is 5.82 Å². The number of fused-ring (bicyclic) bond motifs is 1. The molecule has 0 radical (unpaired) electrons. The van der Waals surface area contributed by atoms with Gasteiger partial charge in [-0.1, -0.05) is 24.3 Å². The second kappa shape index (κ2) is 7.91. The Morgan fingerprint density at radius 3 is 2.78 bits per heavy atom. The first-order valence-corrected chi connectivity index (χ1v) is 9.82. The minimum Gasteiger partial charge on any atom is -0.381 e. The van der Waals surface area contributed by atoms with E-state index in [0.717, 1.165) is 36.1 Å². The number of methoxy groups -OCH3 is 1. The summed E-state index contributed by atoms with van der Waals surface area (Å²) in [5.41, 5.74) is 8.85. The topological polar surface area (TPSA) is 48.1 Å². The number of hydrogen-bond donors (Lipinski definition) is 1. The minimum absolute atomic E-state index is 0.231. The molecule has 2 saturated carbocycles. The number of benzene rings is 1. The van der Waals surface area contributed by atoms with E-state index in [1.807, 2.05) is 25.3 Å². The molecule has 0 spiro atoms. The molecule has 1 aromatic carbocycles. The fourth-order valence-corrected chi connectivity index (χ4v) is 4.91. The first-order valence-electron chi connectivity index (χ1n) is 9.82. The zero-order valence-electron chi connectivity index (χ0n) is 15.7. The Morgan fingerprint density at radius 1 is 1.15 bits per heavy atom. The van der Waals surface area contributed by atoms with Crippen molar-refractivity contribution in [2.24, 2.45) is 23.5 Å². The molecule has 0 aliphatic heterocycles. The summed E-state index contributed by atoms with van der Waals surface area (Å²) in [5, 5.41) is 0. The molecular formula is C23H27FN2O. The lowest BCUT2D eigenvalue weighted by atomic mass is 9.76. The SMILES string of the molecule is CO[C@H]1C[C@H]2CC(N)CC[C@H]2[C@@H]1C=Cc1ccc(-c2cccc(F)c2)cn1. The zero-order valence-corrected chi connectivity index (χ0v) is 15.7. The largest absolute Gasteiger partial charge is 0.381 e. The third-order valence-corrected chi connectivity index (χ3v) is 6.28. The number of halogens is 1. The zero-order chi connectivity index (χ0) is 18.8. The summed E-state index contributed by atoms with van der Waals surface area (Å²) in [6.07, 6.45) is 11.0. The standard InChI is InChI=1S/C23H27FN2O/c1-27-23-13-17-12-19(25)6-9-21(17)22(23)10-8-20-7-5-16(14-26-20)15-3-2-4-18(24)11-15/h2-5,7-8,10-11,14,17,19,21-23H,6,9,12-13,25H2,1H3/t17-,19?,21-,22+,23+/m1/s1. The summed E-state index contributed by atoms with van der Waals surface area (Å²) in [4.78, 5) is 4.54. The molecule has 4 heteroatoms. The molecule has 27 heavy (non-hydrogen) atoms. The number of aromatic nitrogens is 1. The molecule has 2 aromatic rings. The van der Waals surface area contributed by atoms with Crippen molar-refractivity contribution < 1.29 is 9.13 Å². The third-order valence-electron chi connectivity index (χ3n) is 6.28. The Bertz CT molecular complexity index is 804. The van der Waals surface area contributed by atoms with Gasteiger partial charge in [-0.15, -0.1) is 0 Å². The molecule has 0 amide bonds. The highest BCUT2D eigenvalue weighted by atomic mass is 19.1. The smallest absolute Gasteiger partial charge is 0.123 e. The maximum absolute atomic E-state index is 13.4. The van der Waals surface area contributed by atoms with E-state index in [-0.39, 0.29) is 11.9 Å². The predicted molar refractivity (Wildman–Crippen MR) is 106 cm³/mol. The molecule has 2 aliphatic rings. The fraction of sp³-hybridized carbons (Fsp3) is 0.435. The van der Waals surface area contributed by atoms with Gasteiger partial charge in [0, 0.05) is 30.8 Å². The first kappa shape index (κ1) is 18.3. The van der Waals surface area contributed by atoms with Crippen LogP contribution < -0.4 is 5.73 Å². The number of ether oxygens (including phenoxy) is 1. The summed E-state index contributed by atoms with van der Waals surface area (Å²) in [6.45, 7) is 0. The Morgan fingerprint density at radius 2 is 2.04 bits per heavy atom. The minimum atomic E-state index is -0.231. The molecule has 2 fully saturated rings. The number of rotatable bonds is 4. The Labute approximate surface area is 160 Å². The molecule has 5 atom stereocenters. The van der Waals surface area contributed by atoms with E-state index in [4.69, 9.17) is 10.5 Å². The van der Waals surface area contributed by atoms with Crippen molar-refractivity contribution in [3.63, 3.8) is 0 Å². The molecule has 1 unspecified atom stereocenters. The van der Waals surface area contributed by atoms with Crippen LogP contribution in [-0.2, 0) is 4.74 Å². The molecule has 0 saturated heterocycles. The Balaban J connectivity index is 1.49. The first-order chi connectivity index (χ1) is 13.1. The predicted octanol–water partition coefficient (Wildman–Crippen LogP) is 4.68. The second-order valence-electron chi connectivity index (χ2n) is 7.93. The lowest BCUT2D eigenvalue weighted by Crippen LogP contribution is -2.32.